The summed E-state index contributed by atoms with van der Waals surface area (Å²) in [6.07, 6.45) is 6.35. The Balaban J connectivity index is 2.35. The molecule has 2 N–H and O–H groups in total. The number of hydrogen-bond donors (Lipinski definition) is 2. The van der Waals surface area contributed by atoms with E-state index < -0.39 is 11.5 Å². The van der Waals surface area contributed by atoms with Crippen molar-refractivity contribution in [3.63, 3.8) is 0 Å². The fraction of sp³-hybridized carbons (Fsp3) is 0.929. The van der Waals surface area contributed by atoms with Crippen LogP contribution in [0, 0.1) is 5.92 Å². The third kappa shape index (κ3) is 4.94. The van der Waals surface area contributed by atoms with Gasteiger partial charge in [-0.25, -0.2) is 0 Å². The van der Waals surface area contributed by atoms with Crippen LogP contribution in [-0.2, 0) is 9.53 Å². The van der Waals surface area contributed by atoms with Gasteiger partial charge in [-0.1, -0.05) is 19.3 Å². The maximum absolute atomic E-state index is 11.3. The van der Waals surface area contributed by atoms with Crippen molar-refractivity contribution in [3.8, 4) is 0 Å². The molecule has 0 spiro atoms. The van der Waals surface area contributed by atoms with Crippen LogP contribution in [0.5, 0.6) is 0 Å². The summed E-state index contributed by atoms with van der Waals surface area (Å²) in [7, 11) is 0. The van der Waals surface area contributed by atoms with Gasteiger partial charge in [0.1, 0.15) is 5.54 Å². The fourth-order valence-electron chi connectivity index (χ4n) is 2.59. The number of hydrogen-bond acceptors (Lipinski definition) is 3. The highest BCUT2D eigenvalue weighted by Crippen LogP contribution is 2.24. The summed E-state index contributed by atoms with van der Waals surface area (Å²) in [4.78, 5) is 11.3. The Morgan fingerprint density at radius 2 is 2.00 bits per heavy atom. The van der Waals surface area contributed by atoms with Crippen molar-refractivity contribution in [1.82, 2.24) is 5.32 Å². The number of carbonyl (C=O) groups is 1. The topological polar surface area (TPSA) is 58.6 Å². The third-order valence-electron chi connectivity index (χ3n) is 3.55. The highest BCUT2D eigenvalue weighted by Gasteiger charge is 2.34. The van der Waals surface area contributed by atoms with Crippen molar-refractivity contribution >= 4 is 5.97 Å². The summed E-state index contributed by atoms with van der Waals surface area (Å²) < 4.78 is 5.66. The van der Waals surface area contributed by atoms with Crippen LogP contribution in [0.2, 0.25) is 0 Å². The highest BCUT2D eigenvalue weighted by atomic mass is 16.5. The van der Waals surface area contributed by atoms with Gasteiger partial charge in [-0.2, -0.15) is 0 Å². The molecule has 0 aromatic rings. The Labute approximate surface area is 110 Å². The van der Waals surface area contributed by atoms with Crippen molar-refractivity contribution in [2.75, 3.05) is 13.2 Å². The van der Waals surface area contributed by atoms with Crippen LogP contribution in [-0.4, -0.2) is 35.9 Å². The molecule has 4 heteroatoms. The molecule has 1 saturated carbocycles. The van der Waals surface area contributed by atoms with Gasteiger partial charge in [-0.05, 0) is 39.5 Å². The Kier molecular flexibility index (Phi) is 6.09. The van der Waals surface area contributed by atoms with Crippen molar-refractivity contribution in [1.29, 1.82) is 0 Å². The van der Waals surface area contributed by atoms with Gasteiger partial charge < -0.3 is 9.84 Å². The third-order valence-corrected chi connectivity index (χ3v) is 3.55. The molecule has 18 heavy (non-hydrogen) atoms. The summed E-state index contributed by atoms with van der Waals surface area (Å²) in [5, 5.41) is 12.3. The van der Waals surface area contributed by atoms with Crippen LogP contribution in [0.1, 0.15) is 52.9 Å². The summed E-state index contributed by atoms with van der Waals surface area (Å²) in [6, 6.07) is 0.129. The largest absolute Gasteiger partial charge is 0.480 e. The van der Waals surface area contributed by atoms with Gasteiger partial charge in [-0.3, -0.25) is 10.1 Å². The molecule has 1 aliphatic carbocycles. The lowest BCUT2D eigenvalue weighted by molar-refractivity contribution is -0.147. The molecule has 0 amide bonds. The number of carboxylic acid groups (broad SMARTS) is 1. The van der Waals surface area contributed by atoms with E-state index in [9.17, 15) is 9.90 Å². The first-order valence-electron chi connectivity index (χ1n) is 7.03. The van der Waals surface area contributed by atoms with E-state index in [1.807, 2.05) is 13.8 Å². The summed E-state index contributed by atoms with van der Waals surface area (Å²) in [5.41, 5.74) is -0.983. The lowest BCUT2D eigenvalue weighted by atomic mass is 9.90. The first kappa shape index (κ1) is 15.4. The average molecular weight is 257 g/mol. The second-order valence-corrected chi connectivity index (χ2v) is 5.96. The molecule has 0 aliphatic heterocycles. The number of aliphatic carboxylic acids is 1. The van der Waals surface area contributed by atoms with E-state index in [0.717, 1.165) is 0 Å². The van der Waals surface area contributed by atoms with Crippen molar-refractivity contribution in [2.24, 2.45) is 5.92 Å². The van der Waals surface area contributed by atoms with E-state index in [-0.39, 0.29) is 12.6 Å². The zero-order chi connectivity index (χ0) is 13.6. The molecule has 0 radical (unpaired) electrons. The first-order valence-corrected chi connectivity index (χ1v) is 7.03. The van der Waals surface area contributed by atoms with E-state index in [4.69, 9.17) is 4.74 Å². The molecule has 0 aromatic heterocycles. The lowest BCUT2D eigenvalue weighted by Crippen LogP contribution is -2.55. The summed E-state index contributed by atoms with van der Waals surface area (Å²) in [5.74, 6) is -0.226. The van der Waals surface area contributed by atoms with E-state index in [1.54, 1.807) is 6.92 Å². The van der Waals surface area contributed by atoms with Gasteiger partial charge in [0.25, 0.3) is 0 Å². The van der Waals surface area contributed by atoms with Gasteiger partial charge in [-0.15, -0.1) is 0 Å². The van der Waals surface area contributed by atoms with Crippen LogP contribution in [0.4, 0.5) is 0 Å². The van der Waals surface area contributed by atoms with Gasteiger partial charge in [0.15, 0.2) is 0 Å². The van der Waals surface area contributed by atoms with Crippen molar-refractivity contribution in [2.45, 2.75) is 64.5 Å². The minimum Gasteiger partial charge on any atom is -0.480 e. The number of ether oxygens (including phenoxy) is 1. The normalized spacial score (nSPS) is 20.9. The maximum atomic E-state index is 11.3. The van der Waals surface area contributed by atoms with Crippen LogP contribution in [0.15, 0.2) is 0 Å². The monoisotopic (exact) mass is 257 g/mol. The smallest absolute Gasteiger partial charge is 0.326 e. The quantitative estimate of drug-likeness (QED) is 0.735. The molecular weight excluding hydrogens is 230 g/mol. The standard InChI is InChI=1S/C14H27NO3/c1-11(2)15-14(3,13(16)17)10-18-9-12-7-5-4-6-8-12/h11-12,15H,4-10H2,1-3H3,(H,16,17). The van der Waals surface area contributed by atoms with Gasteiger partial charge in [0.2, 0.25) is 0 Å². The van der Waals surface area contributed by atoms with Crippen molar-refractivity contribution < 1.29 is 14.6 Å². The van der Waals surface area contributed by atoms with Crippen LogP contribution < -0.4 is 5.32 Å². The second kappa shape index (κ2) is 7.10. The molecule has 0 heterocycles. The number of rotatable bonds is 7. The average Bonchev–Trinajstić information content (AvgIpc) is 2.29. The maximum Gasteiger partial charge on any atom is 0.326 e. The molecule has 0 aromatic carbocycles. The zero-order valence-electron chi connectivity index (χ0n) is 11.9. The molecule has 1 atom stereocenters. The number of carboxylic acids is 1. The first-order chi connectivity index (χ1) is 8.44. The predicted octanol–water partition coefficient (Wildman–Crippen LogP) is 2.42. The zero-order valence-corrected chi connectivity index (χ0v) is 11.9. The molecule has 1 aliphatic rings. The molecule has 1 fully saturated rings. The van der Waals surface area contributed by atoms with E-state index in [2.05, 4.69) is 5.32 Å². The Morgan fingerprint density at radius 3 is 2.50 bits per heavy atom. The van der Waals surface area contributed by atoms with Crippen molar-refractivity contribution in [3.05, 3.63) is 0 Å². The number of nitrogens with one attached hydrogen (secondary N) is 1. The van der Waals surface area contributed by atoms with Gasteiger partial charge >= 0.3 is 5.97 Å². The van der Waals surface area contributed by atoms with Crippen LogP contribution >= 0.6 is 0 Å². The lowest BCUT2D eigenvalue weighted by Gasteiger charge is -2.29. The summed E-state index contributed by atoms with van der Waals surface area (Å²) >= 11 is 0. The van der Waals surface area contributed by atoms with E-state index >= 15 is 0 Å². The van der Waals surface area contributed by atoms with E-state index in [1.165, 1.54) is 32.1 Å². The molecule has 106 valence electrons. The fourth-order valence-corrected chi connectivity index (χ4v) is 2.59. The van der Waals surface area contributed by atoms with Crippen LogP contribution in [0.3, 0.4) is 0 Å². The highest BCUT2D eigenvalue weighted by molar-refractivity contribution is 5.78. The molecule has 0 bridgehead atoms. The van der Waals surface area contributed by atoms with Gasteiger partial charge in [0.05, 0.1) is 6.61 Å². The molecule has 1 unspecified atom stereocenters. The minimum atomic E-state index is -0.983. The van der Waals surface area contributed by atoms with Crippen LogP contribution in [0.25, 0.3) is 0 Å². The molecule has 0 saturated heterocycles. The molecular formula is C14H27NO3. The van der Waals surface area contributed by atoms with Gasteiger partial charge in [0, 0.05) is 12.6 Å². The Bertz CT molecular complexity index is 262. The second-order valence-electron chi connectivity index (χ2n) is 5.96. The SMILES string of the molecule is CC(C)NC(C)(COCC1CCCCC1)C(=O)O. The molecule has 4 nitrogen and oxygen atoms in total. The Morgan fingerprint density at radius 1 is 1.39 bits per heavy atom. The van der Waals surface area contributed by atoms with E-state index in [0.29, 0.717) is 12.5 Å². The summed E-state index contributed by atoms with van der Waals surface area (Å²) in [6.45, 7) is 6.51. The Hall–Kier alpha value is -0.610. The predicted molar refractivity (Wildman–Crippen MR) is 71.7 cm³/mol. The molecule has 1 rings (SSSR count). The minimum absolute atomic E-state index is 0.129.